The van der Waals surface area contributed by atoms with E-state index >= 15 is 0 Å². The first-order valence-electron chi connectivity index (χ1n) is 1.99. The van der Waals surface area contributed by atoms with Gasteiger partial charge in [0.05, 0.1) is 0 Å². The van der Waals surface area contributed by atoms with Crippen LogP contribution in [0.15, 0.2) is 0 Å². The number of hydrogen-bond acceptors (Lipinski definition) is 0. The number of rotatable bonds is 2. The van der Waals surface area contributed by atoms with Gasteiger partial charge in [0, 0.05) is 0 Å². The van der Waals surface area contributed by atoms with Gasteiger partial charge in [0.15, 0.2) is 0 Å². The zero-order valence-electron chi connectivity index (χ0n) is 3.82. The molecule has 0 aliphatic rings. The van der Waals surface area contributed by atoms with E-state index in [-0.39, 0.29) is 18.6 Å². The summed E-state index contributed by atoms with van der Waals surface area (Å²) in [6, 6.07) is 0. The van der Waals surface area contributed by atoms with E-state index in [1.165, 1.54) is 9.42 Å². The third-order valence-electron chi connectivity index (χ3n) is 0.408. The Morgan fingerprint density at radius 3 is 1.60 bits per heavy atom. The average Bonchev–Trinajstić information content (AvgIpc) is 1.41. The van der Waals surface area contributed by atoms with E-state index in [0.29, 0.717) is 0 Å². The van der Waals surface area contributed by atoms with E-state index < -0.39 is 0 Å². The van der Waals surface area contributed by atoms with Crippen molar-refractivity contribution < 1.29 is 18.6 Å². The SMILES string of the molecule is B[CH2][W][CH2]B. The third-order valence-corrected chi connectivity index (χ3v) is 3.34. The first kappa shape index (κ1) is 5.82. The predicted molar refractivity (Wildman–Crippen MR) is 26.7 cm³/mol. The van der Waals surface area contributed by atoms with Gasteiger partial charge in [0.2, 0.25) is 0 Å². The Kier molecular flexibility index (Phi) is 5.61. The van der Waals surface area contributed by atoms with E-state index in [1.807, 2.05) is 0 Å². The van der Waals surface area contributed by atoms with Crippen LogP contribution >= 0.6 is 0 Å². The quantitative estimate of drug-likeness (QED) is 0.546. The Bertz CT molecular complexity index is 15.1. The molecule has 0 atom stereocenters. The Hall–Kier alpha value is 0.818. The molecule has 0 N–H and O–H groups in total. The molecular weight excluding hydrogens is 229 g/mol. The van der Waals surface area contributed by atoms with Crippen LogP contribution in [0.3, 0.4) is 0 Å². The van der Waals surface area contributed by atoms with Crippen LogP contribution in [0.5, 0.6) is 0 Å². The molecule has 0 aliphatic carbocycles. The summed E-state index contributed by atoms with van der Waals surface area (Å²) in [6.45, 7) is 0. The molecule has 0 bridgehead atoms. The van der Waals surface area contributed by atoms with Crippen molar-refractivity contribution >= 4 is 15.7 Å². The first-order chi connectivity index (χ1) is 2.41. The molecule has 5 heavy (non-hydrogen) atoms. The van der Waals surface area contributed by atoms with Crippen molar-refractivity contribution in [1.82, 2.24) is 0 Å². The second kappa shape index (κ2) is 4.82. The van der Waals surface area contributed by atoms with Gasteiger partial charge in [-0.25, -0.2) is 0 Å². The van der Waals surface area contributed by atoms with Crippen LogP contribution in [0.2, 0.25) is 9.42 Å². The molecular formula is C2H8B2W. The molecule has 0 fully saturated rings. The van der Waals surface area contributed by atoms with Crippen molar-refractivity contribution in [2.24, 2.45) is 0 Å². The van der Waals surface area contributed by atoms with Crippen LogP contribution in [0.25, 0.3) is 0 Å². The minimum absolute atomic E-state index is 0.241. The zero-order valence-corrected chi connectivity index (χ0v) is 6.76. The minimum atomic E-state index is 0.241. The maximum atomic E-state index is 2.29. The first-order valence-corrected chi connectivity index (χ1v) is 6.14. The van der Waals surface area contributed by atoms with Gasteiger partial charge in [0.25, 0.3) is 0 Å². The summed E-state index contributed by atoms with van der Waals surface area (Å²) >= 11 is 0.241. The van der Waals surface area contributed by atoms with E-state index in [4.69, 9.17) is 0 Å². The Labute approximate surface area is 44.1 Å². The standard InChI is InChI=1S/2CH4B.W/c2*1-2;/h2*1-2H2;. The number of hydrogen-bond donors (Lipinski definition) is 0. The van der Waals surface area contributed by atoms with E-state index in [2.05, 4.69) is 15.7 Å². The van der Waals surface area contributed by atoms with Crippen LogP contribution in [-0.2, 0) is 18.6 Å². The molecule has 0 nitrogen and oxygen atoms in total. The third kappa shape index (κ3) is 4.82. The van der Waals surface area contributed by atoms with Crippen LogP contribution in [0, 0.1) is 0 Å². The summed E-state index contributed by atoms with van der Waals surface area (Å²) < 4.78 is 3.02. The molecule has 0 heterocycles. The summed E-state index contributed by atoms with van der Waals surface area (Å²) in [5, 5.41) is 0. The fraction of sp³-hybridized carbons (Fsp3) is 1.00. The van der Waals surface area contributed by atoms with Gasteiger partial charge in [-0.3, -0.25) is 0 Å². The van der Waals surface area contributed by atoms with Gasteiger partial charge in [0.1, 0.15) is 0 Å². The van der Waals surface area contributed by atoms with Gasteiger partial charge >= 0.3 is 43.7 Å². The van der Waals surface area contributed by atoms with Crippen molar-refractivity contribution in [3.05, 3.63) is 0 Å². The van der Waals surface area contributed by atoms with Gasteiger partial charge in [-0.2, -0.15) is 0 Å². The van der Waals surface area contributed by atoms with Crippen LogP contribution < -0.4 is 0 Å². The van der Waals surface area contributed by atoms with Crippen molar-refractivity contribution in [3.8, 4) is 0 Å². The molecule has 0 rings (SSSR count). The Balaban J connectivity index is 2.19. The summed E-state index contributed by atoms with van der Waals surface area (Å²) in [4.78, 5) is 0. The monoisotopic (exact) mass is 238 g/mol. The van der Waals surface area contributed by atoms with E-state index in [1.54, 1.807) is 0 Å². The molecule has 0 amide bonds. The Morgan fingerprint density at radius 2 is 1.60 bits per heavy atom. The fourth-order valence-corrected chi connectivity index (χ4v) is 1.67. The Morgan fingerprint density at radius 1 is 1.20 bits per heavy atom. The molecule has 0 radical (unpaired) electrons. The summed E-state index contributed by atoms with van der Waals surface area (Å²) in [7, 11) is 4.57. The fourth-order valence-electron chi connectivity index (χ4n) is 0.204. The maximum absolute atomic E-state index is 2.29. The van der Waals surface area contributed by atoms with Crippen LogP contribution in [0.1, 0.15) is 0 Å². The predicted octanol–water partition coefficient (Wildman–Crippen LogP) is -0.913. The summed E-state index contributed by atoms with van der Waals surface area (Å²) in [5.41, 5.74) is 0. The second-order valence-electron chi connectivity index (χ2n) is 0.781. The molecule has 0 aromatic heterocycles. The van der Waals surface area contributed by atoms with Crippen LogP contribution in [0.4, 0.5) is 0 Å². The average molecular weight is 238 g/mol. The normalized spacial score (nSPS) is 8.00. The topological polar surface area (TPSA) is 0 Å². The molecule has 0 aromatic rings. The molecule has 3 heteroatoms. The summed E-state index contributed by atoms with van der Waals surface area (Å²) in [5.74, 6) is 0. The second-order valence-corrected chi connectivity index (χ2v) is 6.40. The van der Waals surface area contributed by atoms with Crippen molar-refractivity contribution in [2.75, 3.05) is 0 Å². The van der Waals surface area contributed by atoms with Crippen molar-refractivity contribution in [3.63, 3.8) is 0 Å². The van der Waals surface area contributed by atoms with Gasteiger partial charge in [-0.05, 0) is 0 Å². The van der Waals surface area contributed by atoms with Crippen LogP contribution in [-0.4, -0.2) is 15.7 Å². The molecule has 0 unspecified atom stereocenters. The molecule has 0 spiro atoms. The van der Waals surface area contributed by atoms with Crippen molar-refractivity contribution in [2.45, 2.75) is 9.42 Å². The molecule has 0 aromatic carbocycles. The molecule has 0 saturated carbocycles. The van der Waals surface area contributed by atoms with E-state index in [9.17, 15) is 0 Å². The zero-order chi connectivity index (χ0) is 4.12. The molecule has 0 saturated heterocycles. The van der Waals surface area contributed by atoms with E-state index in [0.717, 1.165) is 0 Å². The summed E-state index contributed by atoms with van der Waals surface area (Å²) in [6.07, 6.45) is 0. The molecule has 28 valence electrons. The van der Waals surface area contributed by atoms with Gasteiger partial charge in [-0.15, -0.1) is 0 Å². The van der Waals surface area contributed by atoms with Gasteiger partial charge in [-0.1, -0.05) is 0 Å². The molecule has 0 aliphatic heterocycles. The van der Waals surface area contributed by atoms with Gasteiger partial charge < -0.3 is 0 Å². The van der Waals surface area contributed by atoms with Crippen molar-refractivity contribution in [1.29, 1.82) is 0 Å².